The van der Waals surface area contributed by atoms with Crippen molar-refractivity contribution in [3.05, 3.63) is 33.9 Å². The molecule has 0 aliphatic rings. The van der Waals surface area contributed by atoms with Crippen LogP contribution in [-0.2, 0) is 6.54 Å². The fraction of sp³-hybridized carbons (Fsp3) is 0.333. The standard InChI is InChI=1S/C12H14BrN3S/c1-2-5-14-7-9-8-17-12(16-9)11-10(13)4-3-6-15-11/h3-4,6,8,14H,2,5,7H2,1H3. The summed E-state index contributed by atoms with van der Waals surface area (Å²) in [6.07, 6.45) is 2.93. The van der Waals surface area contributed by atoms with Crippen molar-refractivity contribution in [3.8, 4) is 10.7 Å². The molecule has 2 rings (SSSR count). The van der Waals surface area contributed by atoms with Gasteiger partial charge in [-0.25, -0.2) is 4.98 Å². The fourth-order valence-electron chi connectivity index (χ4n) is 1.43. The first-order valence-corrected chi connectivity index (χ1v) is 7.24. The minimum atomic E-state index is 0.828. The maximum absolute atomic E-state index is 4.58. The highest BCUT2D eigenvalue weighted by atomic mass is 79.9. The van der Waals surface area contributed by atoms with Gasteiger partial charge in [-0.05, 0) is 41.0 Å². The quantitative estimate of drug-likeness (QED) is 0.859. The number of hydrogen-bond donors (Lipinski definition) is 1. The summed E-state index contributed by atoms with van der Waals surface area (Å²) in [5.41, 5.74) is 2.00. The number of nitrogens with zero attached hydrogens (tertiary/aromatic N) is 2. The smallest absolute Gasteiger partial charge is 0.143 e. The Labute approximate surface area is 113 Å². The van der Waals surface area contributed by atoms with Crippen LogP contribution in [0.5, 0.6) is 0 Å². The molecule has 0 saturated heterocycles. The second kappa shape index (κ2) is 6.23. The van der Waals surface area contributed by atoms with Crippen molar-refractivity contribution < 1.29 is 0 Å². The molecule has 5 heteroatoms. The van der Waals surface area contributed by atoms with E-state index in [1.807, 2.05) is 12.1 Å². The Morgan fingerprint density at radius 3 is 3.12 bits per heavy atom. The van der Waals surface area contributed by atoms with Crippen molar-refractivity contribution >= 4 is 27.3 Å². The molecule has 2 aromatic rings. The predicted molar refractivity (Wildman–Crippen MR) is 75.0 cm³/mol. The van der Waals surface area contributed by atoms with Gasteiger partial charge >= 0.3 is 0 Å². The predicted octanol–water partition coefficient (Wildman–Crippen LogP) is 3.47. The third-order valence-electron chi connectivity index (χ3n) is 2.25. The van der Waals surface area contributed by atoms with E-state index < -0.39 is 0 Å². The van der Waals surface area contributed by atoms with Crippen molar-refractivity contribution in [2.24, 2.45) is 0 Å². The Morgan fingerprint density at radius 1 is 1.47 bits per heavy atom. The van der Waals surface area contributed by atoms with E-state index in [4.69, 9.17) is 0 Å². The molecule has 0 aliphatic heterocycles. The molecule has 0 aliphatic carbocycles. The van der Waals surface area contributed by atoms with E-state index in [-0.39, 0.29) is 0 Å². The van der Waals surface area contributed by atoms with Gasteiger partial charge < -0.3 is 5.32 Å². The van der Waals surface area contributed by atoms with Gasteiger partial charge in [-0.15, -0.1) is 11.3 Å². The average molecular weight is 312 g/mol. The average Bonchev–Trinajstić information content (AvgIpc) is 2.79. The highest BCUT2D eigenvalue weighted by molar-refractivity contribution is 9.10. The van der Waals surface area contributed by atoms with Crippen LogP contribution in [0.3, 0.4) is 0 Å². The molecule has 1 N–H and O–H groups in total. The molecular weight excluding hydrogens is 298 g/mol. The minimum Gasteiger partial charge on any atom is -0.311 e. The molecular formula is C12H14BrN3S. The lowest BCUT2D eigenvalue weighted by Crippen LogP contribution is -2.13. The minimum absolute atomic E-state index is 0.828. The molecule has 0 atom stereocenters. The number of rotatable bonds is 5. The normalized spacial score (nSPS) is 10.7. The number of nitrogens with one attached hydrogen (secondary N) is 1. The van der Waals surface area contributed by atoms with Crippen LogP contribution in [0.15, 0.2) is 28.2 Å². The van der Waals surface area contributed by atoms with E-state index in [1.54, 1.807) is 17.5 Å². The number of pyridine rings is 1. The molecule has 0 unspecified atom stereocenters. The van der Waals surface area contributed by atoms with Crippen molar-refractivity contribution in [2.45, 2.75) is 19.9 Å². The van der Waals surface area contributed by atoms with Crippen LogP contribution in [0.4, 0.5) is 0 Å². The maximum atomic E-state index is 4.58. The van der Waals surface area contributed by atoms with Crippen LogP contribution >= 0.6 is 27.3 Å². The molecule has 0 saturated carbocycles. The van der Waals surface area contributed by atoms with Gasteiger partial charge in [-0.3, -0.25) is 4.98 Å². The van der Waals surface area contributed by atoms with Gasteiger partial charge in [0.05, 0.1) is 5.69 Å². The van der Waals surface area contributed by atoms with E-state index in [9.17, 15) is 0 Å². The number of hydrogen-bond acceptors (Lipinski definition) is 4. The number of halogens is 1. The van der Waals surface area contributed by atoms with Gasteiger partial charge in [-0.1, -0.05) is 6.92 Å². The molecule has 0 radical (unpaired) electrons. The Bertz CT molecular complexity index is 484. The summed E-state index contributed by atoms with van der Waals surface area (Å²) in [5.74, 6) is 0. The molecule has 0 spiro atoms. The molecule has 2 aromatic heterocycles. The fourth-order valence-corrected chi connectivity index (χ4v) is 2.84. The summed E-state index contributed by atoms with van der Waals surface area (Å²) in [7, 11) is 0. The first-order chi connectivity index (χ1) is 8.31. The largest absolute Gasteiger partial charge is 0.311 e. The van der Waals surface area contributed by atoms with Crippen molar-refractivity contribution in [2.75, 3.05) is 6.54 Å². The third kappa shape index (κ3) is 3.34. The van der Waals surface area contributed by atoms with Gasteiger partial charge in [0.15, 0.2) is 0 Å². The van der Waals surface area contributed by atoms with Crippen LogP contribution in [0.25, 0.3) is 10.7 Å². The van der Waals surface area contributed by atoms with E-state index in [2.05, 4.69) is 43.5 Å². The molecule has 90 valence electrons. The lowest BCUT2D eigenvalue weighted by atomic mass is 10.3. The van der Waals surface area contributed by atoms with Crippen LogP contribution in [0, 0.1) is 0 Å². The lowest BCUT2D eigenvalue weighted by Gasteiger charge is -1.99. The first-order valence-electron chi connectivity index (χ1n) is 5.57. The van der Waals surface area contributed by atoms with Crippen LogP contribution < -0.4 is 5.32 Å². The molecule has 0 aromatic carbocycles. The summed E-state index contributed by atoms with van der Waals surface area (Å²) in [5, 5.41) is 6.39. The summed E-state index contributed by atoms with van der Waals surface area (Å²) in [6.45, 7) is 4.01. The Balaban J connectivity index is 2.10. The van der Waals surface area contributed by atoms with E-state index in [1.165, 1.54) is 0 Å². The van der Waals surface area contributed by atoms with Gasteiger partial charge in [0, 0.05) is 22.6 Å². The summed E-state index contributed by atoms with van der Waals surface area (Å²) >= 11 is 5.13. The summed E-state index contributed by atoms with van der Waals surface area (Å²) in [6, 6.07) is 3.89. The molecule has 3 nitrogen and oxygen atoms in total. The molecule has 2 heterocycles. The zero-order valence-electron chi connectivity index (χ0n) is 9.61. The molecule has 0 amide bonds. The van der Waals surface area contributed by atoms with Gasteiger partial charge in [-0.2, -0.15) is 0 Å². The van der Waals surface area contributed by atoms with Crippen LogP contribution in [0.2, 0.25) is 0 Å². The Morgan fingerprint density at radius 2 is 2.35 bits per heavy atom. The first kappa shape index (κ1) is 12.7. The third-order valence-corrected chi connectivity index (χ3v) is 3.78. The Kier molecular flexibility index (Phi) is 4.65. The SMILES string of the molecule is CCCNCc1csc(-c2ncccc2Br)n1. The van der Waals surface area contributed by atoms with E-state index in [0.717, 1.165) is 40.4 Å². The summed E-state index contributed by atoms with van der Waals surface area (Å²) < 4.78 is 0.988. The number of aromatic nitrogens is 2. The van der Waals surface area contributed by atoms with Crippen molar-refractivity contribution in [1.29, 1.82) is 0 Å². The van der Waals surface area contributed by atoms with Crippen LogP contribution in [0.1, 0.15) is 19.0 Å². The molecule has 0 bridgehead atoms. The van der Waals surface area contributed by atoms with Gasteiger partial charge in [0.25, 0.3) is 0 Å². The number of thiazole rings is 1. The summed E-state index contributed by atoms with van der Waals surface area (Å²) in [4.78, 5) is 8.92. The highest BCUT2D eigenvalue weighted by Crippen LogP contribution is 2.28. The molecule has 17 heavy (non-hydrogen) atoms. The second-order valence-electron chi connectivity index (χ2n) is 3.65. The van der Waals surface area contributed by atoms with E-state index in [0.29, 0.717) is 0 Å². The molecule has 0 fully saturated rings. The van der Waals surface area contributed by atoms with E-state index >= 15 is 0 Å². The zero-order valence-corrected chi connectivity index (χ0v) is 12.0. The second-order valence-corrected chi connectivity index (χ2v) is 5.37. The topological polar surface area (TPSA) is 37.8 Å². The van der Waals surface area contributed by atoms with Gasteiger partial charge in [0.2, 0.25) is 0 Å². The highest BCUT2D eigenvalue weighted by Gasteiger charge is 2.08. The van der Waals surface area contributed by atoms with Crippen molar-refractivity contribution in [1.82, 2.24) is 15.3 Å². The lowest BCUT2D eigenvalue weighted by molar-refractivity contribution is 0.667. The zero-order chi connectivity index (χ0) is 12.1. The Hall–Kier alpha value is -0.780. The monoisotopic (exact) mass is 311 g/mol. The van der Waals surface area contributed by atoms with Crippen LogP contribution in [-0.4, -0.2) is 16.5 Å². The van der Waals surface area contributed by atoms with Gasteiger partial charge in [0.1, 0.15) is 10.7 Å². The maximum Gasteiger partial charge on any atom is 0.143 e. The van der Waals surface area contributed by atoms with Crippen molar-refractivity contribution in [3.63, 3.8) is 0 Å².